The average Bonchev–Trinajstić information content (AvgIpc) is 3.31. The summed E-state index contributed by atoms with van der Waals surface area (Å²) in [7, 11) is 0. The summed E-state index contributed by atoms with van der Waals surface area (Å²) >= 11 is 0. The van der Waals surface area contributed by atoms with Crippen LogP contribution in [0.4, 0.5) is 0 Å². The Balaban J connectivity index is 1.43. The lowest BCUT2D eigenvalue weighted by molar-refractivity contribution is -0.128. The third kappa shape index (κ3) is 3.82. The van der Waals surface area contributed by atoms with Gasteiger partial charge < -0.3 is 9.42 Å². The lowest BCUT2D eigenvalue weighted by Gasteiger charge is -2.15. The summed E-state index contributed by atoms with van der Waals surface area (Å²) in [6, 6.07) is 18.3. The summed E-state index contributed by atoms with van der Waals surface area (Å²) in [6.45, 7) is 1.48. The summed E-state index contributed by atoms with van der Waals surface area (Å²) in [5, 5.41) is 4.10. The van der Waals surface area contributed by atoms with Gasteiger partial charge in [-0.2, -0.15) is 4.98 Å². The van der Waals surface area contributed by atoms with Crippen LogP contribution >= 0.6 is 0 Å². The summed E-state index contributed by atoms with van der Waals surface area (Å²) < 4.78 is 5.44. The predicted octanol–water partition coefficient (Wildman–Crippen LogP) is 3.64. The molecule has 1 aliphatic heterocycles. The summed E-state index contributed by atoms with van der Waals surface area (Å²) in [6.07, 6.45) is 3.24. The van der Waals surface area contributed by atoms with Gasteiger partial charge >= 0.3 is 0 Å². The molecule has 0 aliphatic carbocycles. The monoisotopic (exact) mass is 347 g/mol. The molecule has 1 saturated heterocycles. The van der Waals surface area contributed by atoms with Crippen LogP contribution in [0.25, 0.3) is 11.5 Å². The van der Waals surface area contributed by atoms with Gasteiger partial charge in [0.2, 0.25) is 5.91 Å². The van der Waals surface area contributed by atoms with Crippen molar-refractivity contribution in [2.45, 2.75) is 32.2 Å². The largest absolute Gasteiger partial charge is 0.338 e. The number of amides is 1. The van der Waals surface area contributed by atoms with Crippen LogP contribution in [0.1, 0.15) is 29.8 Å². The molecule has 1 aromatic heterocycles. The van der Waals surface area contributed by atoms with Crippen molar-refractivity contribution >= 4 is 5.91 Å². The van der Waals surface area contributed by atoms with Gasteiger partial charge in [0.25, 0.3) is 5.89 Å². The molecular formula is C21H21N3O2. The molecule has 0 unspecified atom stereocenters. The van der Waals surface area contributed by atoms with Crippen molar-refractivity contribution in [2.24, 2.45) is 0 Å². The van der Waals surface area contributed by atoms with Crippen molar-refractivity contribution in [2.75, 3.05) is 6.54 Å². The van der Waals surface area contributed by atoms with Crippen LogP contribution in [0.15, 0.2) is 59.1 Å². The fraction of sp³-hybridized carbons (Fsp3) is 0.286. The molecule has 0 bridgehead atoms. The van der Waals surface area contributed by atoms with E-state index in [-0.39, 0.29) is 5.91 Å². The summed E-state index contributed by atoms with van der Waals surface area (Å²) in [4.78, 5) is 18.2. The van der Waals surface area contributed by atoms with Crippen molar-refractivity contribution in [3.05, 3.63) is 71.5 Å². The minimum absolute atomic E-state index is 0.233. The highest BCUT2D eigenvalue weighted by atomic mass is 16.5. The molecule has 5 nitrogen and oxygen atoms in total. The highest BCUT2D eigenvalue weighted by Crippen LogP contribution is 2.21. The van der Waals surface area contributed by atoms with Gasteiger partial charge in [0.05, 0.1) is 0 Å². The summed E-state index contributed by atoms with van der Waals surface area (Å²) in [5.74, 6) is 1.48. The molecule has 0 saturated carbocycles. The molecule has 0 atom stereocenters. The summed E-state index contributed by atoms with van der Waals surface area (Å²) in [5.41, 5.74) is 3.24. The second-order valence-electron chi connectivity index (χ2n) is 6.62. The molecule has 2 heterocycles. The second-order valence-corrected chi connectivity index (χ2v) is 6.62. The molecule has 2 aromatic carbocycles. The van der Waals surface area contributed by atoms with E-state index in [2.05, 4.69) is 22.3 Å². The van der Waals surface area contributed by atoms with E-state index in [4.69, 9.17) is 4.52 Å². The first-order valence-electron chi connectivity index (χ1n) is 9.01. The zero-order chi connectivity index (χ0) is 17.8. The van der Waals surface area contributed by atoms with Crippen molar-refractivity contribution in [3.63, 3.8) is 0 Å². The quantitative estimate of drug-likeness (QED) is 0.683. The number of rotatable bonds is 6. The van der Waals surface area contributed by atoms with E-state index < -0.39 is 0 Å². The molecule has 26 heavy (non-hydrogen) atoms. The van der Waals surface area contributed by atoms with Crippen LogP contribution in [-0.2, 0) is 24.2 Å². The Bertz CT molecular complexity index is 889. The first-order valence-corrected chi connectivity index (χ1v) is 9.01. The van der Waals surface area contributed by atoms with Gasteiger partial charge in [-0.25, -0.2) is 0 Å². The number of aromatic nitrogens is 2. The Hall–Kier alpha value is -2.95. The fourth-order valence-corrected chi connectivity index (χ4v) is 3.27. The maximum Gasteiger partial charge on any atom is 0.257 e. The first kappa shape index (κ1) is 16.5. The predicted molar refractivity (Wildman–Crippen MR) is 98.2 cm³/mol. The number of nitrogens with zero attached hydrogens (tertiary/aromatic N) is 3. The Morgan fingerprint density at radius 1 is 1.00 bits per heavy atom. The van der Waals surface area contributed by atoms with Crippen LogP contribution in [0, 0.1) is 0 Å². The van der Waals surface area contributed by atoms with E-state index in [1.165, 1.54) is 5.56 Å². The van der Waals surface area contributed by atoms with E-state index in [9.17, 15) is 4.79 Å². The SMILES string of the molecule is O=C1CCCN1Cc1cccc(-c2nc(CCc3ccccc3)no2)c1. The average molecular weight is 347 g/mol. The molecule has 1 amide bonds. The van der Waals surface area contributed by atoms with E-state index in [1.54, 1.807) is 0 Å². The Morgan fingerprint density at radius 2 is 1.85 bits per heavy atom. The molecule has 5 heteroatoms. The van der Waals surface area contributed by atoms with Crippen LogP contribution in [0.2, 0.25) is 0 Å². The maximum atomic E-state index is 11.8. The first-order chi connectivity index (χ1) is 12.8. The van der Waals surface area contributed by atoms with E-state index in [0.29, 0.717) is 24.7 Å². The van der Waals surface area contributed by atoms with Crippen molar-refractivity contribution < 1.29 is 9.32 Å². The van der Waals surface area contributed by atoms with Crippen molar-refractivity contribution in [1.82, 2.24) is 15.0 Å². The minimum Gasteiger partial charge on any atom is -0.338 e. The number of likely N-dealkylation sites (tertiary alicyclic amines) is 1. The maximum absolute atomic E-state index is 11.8. The topological polar surface area (TPSA) is 59.2 Å². The zero-order valence-corrected chi connectivity index (χ0v) is 14.6. The fourth-order valence-electron chi connectivity index (χ4n) is 3.27. The molecule has 0 radical (unpaired) electrons. The molecule has 132 valence electrons. The normalized spacial score (nSPS) is 14.2. The van der Waals surface area contributed by atoms with Crippen molar-refractivity contribution in [3.8, 4) is 11.5 Å². The third-order valence-electron chi connectivity index (χ3n) is 4.67. The number of aryl methyl sites for hydroxylation is 2. The standard InChI is InChI=1S/C21H21N3O2/c25-20-10-5-13-24(20)15-17-8-4-9-18(14-17)21-22-19(23-26-21)12-11-16-6-2-1-3-7-16/h1-4,6-9,14H,5,10-13,15H2. The van der Waals surface area contributed by atoms with Gasteiger partial charge in [-0.05, 0) is 36.1 Å². The highest BCUT2D eigenvalue weighted by Gasteiger charge is 2.20. The van der Waals surface area contributed by atoms with Gasteiger partial charge in [0.15, 0.2) is 5.82 Å². The third-order valence-corrected chi connectivity index (χ3v) is 4.67. The molecular weight excluding hydrogens is 326 g/mol. The van der Waals surface area contributed by atoms with Gasteiger partial charge in [0, 0.05) is 31.5 Å². The molecule has 0 N–H and O–H groups in total. The smallest absolute Gasteiger partial charge is 0.257 e. The lowest BCUT2D eigenvalue weighted by Crippen LogP contribution is -2.23. The van der Waals surface area contributed by atoms with Gasteiger partial charge in [-0.1, -0.05) is 47.6 Å². The second kappa shape index (κ2) is 7.52. The van der Waals surface area contributed by atoms with E-state index in [0.717, 1.165) is 36.9 Å². The van der Waals surface area contributed by atoms with Crippen molar-refractivity contribution in [1.29, 1.82) is 0 Å². The van der Waals surface area contributed by atoms with Gasteiger partial charge in [0.1, 0.15) is 0 Å². The zero-order valence-electron chi connectivity index (χ0n) is 14.6. The number of carbonyl (C=O) groups is 1. The van der Waals surface area contributed by atoms with E-state index >= 15 is 0 Å². The number of hydrogen-bond donors (Lipinski definition) is 0. The van der Waals surface area contributed by atoms with Gasteiger partial charge in [-0.3, -0.25) is 4.79 Å². The minimum atomic E-state index is 0.233. The Labute approximate surface area is 152 Å². The van der Waals surface area contributed by atoms with Crippen LogP contribution in [-0.4, -0.2) is 27.5 Å². The van der Waals surface area contributed by atoms with Crippen LogP contribution in [0.3, 0.4) is 0 Å². The molecule has 3 aromatic rings. The van der Waals surface area contributed by atoms with Crippen LogP contribution < -0.4 is 0 Å². The molecule has 4 rings (SSSR count). The van der Waals surface area contributed by atoms with E-state index in [1.807, 2.05) is 47.4 Å². The number of carbonyl (C=O) groups excluding carboxylic acids is 1. The Kier molecular flexibility index (Phi) is 4.78. The molecule has 1 aliphatic rings. The molecule has 0 spiro atoms. The van der Waals surface area contributed by atoms with Gasteiger partial charge in [-0.15, -0.1) is 0 Å². The number of hydrogen-bond acceptors (Lipinski definition) is 4. The highest BCUT2D eigenvalue weighted by molar-refractivity contribution is 5.78. The molecule has 1 fully saturated rings. The Morgan fingerprint density at radius 3 is 2.65 bits per heavy atom. The number of benzene rings is 2. The lowest BCUT2D eigenvalue weighted by atomic mass is 10.1. The van der Waals surface area contributed by atoms with Crippen LogP contribution in [0.5, 0.6) is 0 Å².